The van der Waals surface area contributed by atoms with E-state index in [-0.39, 0.29) is 24.2 Å². The lowest BCUT2D eigenvalue weighted by Gasteiger charge is -2.29. The molecule has 3 amide bonds. The first kappa shape index (κ1) is 25.9. The fourth-order valence-electron chi connectivity index (χ4n) is 3.83. The Labute approximate surface area is 178 Å². The van der Waals surface area contributed by atoms with Crippen molar-refractivity contribution in [1.29, 1.82) is 0 Å². The van der Waals surface area contributed by atoms with Gasteiger partial charge in [0.05, 0.1) is 7.11 Å². The van der Waals surface area contributed by atoms with Gasteiger partial charge in [0.25, 0.3) is 0 Å². The van der Waals surface area contributed by atoms with Gasteiger partial charge in [0, 0.05) is 18.9 Å². The number of carbonyl (C=O) groups excluding carboxylic acids is 4. The van der Waals surface area contributed by atoms with Crippen LogP contribution in [0.5, 0.6) is 0 Å². The first-order chi connectivity index (χ1) is 14.2. The standard InChI is InChI=1S/C21H37N3O6/c1-5-6-7-9-15(13-18(25)23-29)19(26)22-16(12-14(2)3)20(27)24-11-8-10-17(24)21(28)30-4/h14-17,29H,5-13H2,1-4H3,(H,22,26)(H,23,25)/t15-,16-,17?/m0/s1. The van der Waals surface area contributed by atoms with Gasteiger partial charge in [-0.05, 0) is 31.6 Å². The monoisotopic (exact) mass is 427 g/mol. The zero-order valence-corrected chi connectivity index (χ0v) is 18.6. The molecule has 1 aliphatic heterocycles. The van der Waals surface area contributed by atoms with Crippen molar-refractivity contribution in [1.82, 2.24) is 15.7 Å². The fraction of sp³-hybridized carbons (Fsp3) is 0.810. The van der Waals surface area contributed by atoms with Crippen molar-refractivity contribution < 1.29 is 29.1 Å². The van der Waals surface area contributed by atoms with Crippen LogP contribution in [0.4, 0.5) is 0 Å². The van der Waals surface area contributed by atoms with E-state index in [2.05, 4.69) is 5.32 Å². The summed E-state index contributed by atoms with van der Waals surface area (Å²) in [6.45, 7) is 6.38. The number of likely N-dealkylation sites (tertiary alicyclic amines) is 1. The van der Waals surface area contributed by atoms with Gasteiger partial charge in [0.2, 0.25) is 17.7 Å². The first-order valence-corrected chi connectivity index (χ1v) is 10.9. The van der Waals surface area contributed by atoms with Gasteiger partial charge in [-0.2, -0.15) is 0 Å². The van der Waals surface area contributed by atoms with Gasteiger partial charge in [-0.15, -0.1) is 0 Å². The summed E-state index contributed by atoms with van der Waals surface area (Å²) < 4.78 is 4.82. The van der Waals surface area contributed by atoms with Crippen molar-refractivity contribution in [2.45, 2.75) is 84.2 Å². The van der Waals surface area contributed by atoms with Crippen molar-refractivity contribution in [3.63, 3.8) is 0 Å². The molecule has 0 aromatic heterocycles. The van der Waals surface area contributed by atoms with Crippen molar-refractivity contribution in [3.8, 4) is 0 Å². The lowest BCUT2D eigenvalue weighted by atomic mass is 9.95. The molecular formula is C21H37N3O6. The van der Waals surface area contributed by atoms with Crippen LogP contribution in [0.1, 0.15) is 72.1 Å². The van der Waals surface area contributed by atoms with E-state index in [4.69, 9.17) is 9.94 Å². The van der Waals surface area contributed by atoms with Crippen LogP contribution in [0, 0.1) is 11.8 Å². The number of nitrogens with one attached hydrogen (secondary N) is 2. The predicted octanol–water partition coefficient (Wildman–Crippen LogP) is 1.77. The summed E-state index contributed by atoms with van der Waals surface area (Å²) in [7, 11) is 1.30. The van der Waals surface area contributed by atoms with E-state index < -0.39 is 29.9 Å². The van der Waals surface area contributed by atoms with Gasteiger partial charge in [0.15, 0.2) is 0 Å². The number of rotatable bonds is 12. The summed E-state index contributed by atoms with van der Waals surface area (Å²) in [5.74, 6) is -2.28. The van der Waals surface area contributed by atoms with E-state index in [1.54, 1.807) is 5.48 Å². The third-order valence-electron chi connectivity index (χ3n) is 5.41. The number of amides is 3. The van der Waals surface area contributed by atoms with Gasteiger partial charge in [0.1, 0.15) is 12.1 Å². The molecule has 172 valence electrons. The molecular weight excluding hydrogens is 390 g/mol. The highest BCUT2D eigenvalue weighted by molar-refractivity contribution is 5.92. The zero-order chi connectivity index (χ0) is 22.7. The molecule has 1 heterocycles. The second-order valence-electron chi connectivity index (χ2n) is 8.34. The fourth-order valence-corrected chi connectivity index (χ4v) is 3.83. The van der Waals surface area contributed by atoms with Crippen LogP contribution < -0.4 is 10.8 Å². The van der Waals surface area contributed by atoms with Crippen molar-refractivity contribution >= 4 is 23.7 Å². The molecule has 0 saturated carbocycles. The Balaban J connectivity index is 2.94. The third-order valence-corrected chi connectivity index (χ3v) is 5.41. The van der Waals surface area contributed by atoms with E-state index in [0.29, 0.717) is 32.2 Å². The van der Waals surface area contributed by atoms with Gasteiger partial charge in [-0.1, -0.05) is 40.0 Å². The number of methoxy groups -OCH3 is 1. The topological polar surface area (TPSA) is 125 Å². The Hall–Kier alpha value is -2.16. The Morgan fingerprint density at radius 2 is 1.90 bits per heavy atom. The summed E-state index contributed by atoms with van der Waals surface area (Å²) in [6, 6.07) is -1.41. The Morgan fingerprint density at radius 3 is 2.47 bits per heavy atom. The van der Waals surface area contributed by atoms with E-state index in [1.807, 2.05) is 20.8 Å². The molecule has 0 radical (unpaired) electrons. The number of ether oxygens (including phenoxy) is 1. The smallest absolute Gasteiger partial charge is 0.328 e. The average Bonchev–Trinajstić information content (AvgIpc) is 3.20. The van der Waals surface area contributed by atoms with Crippen LogP contribution in [0.2, 0.25) is 0 Å². The number of hydrogen-bond acceptors (Lipinski definition) is 6. The van der Waals surface area contributed by atoms with E-state index in [9.17, 15) is 19.2 Å². The molecule has 3 N–H and O–H groups in total. The summed E-state index contributed by atoms with van der Waals surface area (Å²) in [5.41, 5.74) is 1.57. The molecule has 0 aromatic carbocycles. The predicted molar refractivity (Wildman–Crippen MR) is 110 cm³/mol. The van der Waals surface area contributed by atoms with E-state index in [1.165, 1.54) is 12.0 Å². The van der Waals surface area contributed by atoms with Gasteiger partial charge in [-0.25, -0.2) is 10.3 Å². The number of esters is 1. The molecule has 9 nitrogen and oxygen atoms in total. The number of nitrogens with zero attached hydrogens (tertiary/aromatic N) is 1. The molecule has 1 aliphatic rings. The second kappa shape index (κ2) is 13.2. The summed E-state index contributed by atoms with van der Waals surface area (Å²) in [5, 5.41) is 11.7. The largest absolute Gasteiger partial charge is 0.467 e. The average molecular weight is 428 g/mol. The van der Waals surface area contributed by atoms with Crippen molar-refractivity contribution in [3.05, 3.63) is 0 Å². The minimum absolute atomic E-state index is 0.137. The van der Waals surface area contributed by atoms with E-state index >= 15 is 0 Å². The van der Waals surface area contributed by atoms with Crippen LogP contribution in [-0.4, -0.2) is 59.5 Å². The highest BCUT2D eigenvalue weighted by Crippen LogP contribution is 2.22. The molecule has 0 aliphatic carbocycles. The molecule has 0 bridgehead atoms. The maximum atomic E-state index is 13.2. The lowest BCUT2D eigenvalue weighted by molar-refractivity contribution is -0.152. The SMILES string of the molecule is CCCCC[C@@H](CC(=O)NO)C(=O)N[C@@H](CC(C)C)C(=O)N1CCCC1C(=O)OC. The number of hydroxylamine groups is 1. The minimum Gasteiger partial charge on any atom is -0.467 e. The molecule has 1 fully saturated rings. The molecule has 3 atom stereocenters. The molecule has 1 unspecified atom stereocenters. The Morgan fingerprint density at radius 1 is 1.20 bits per heavy atom. The van der Waals surface area contributed by atoms with Crippen LogP contribution in [0.15, 0.2) is 0 Å². The summed E-state index contributed by atoms with van der Waals surface area (Å²) >= 11 is 0. The van der Waals surface area contributed by atoms with Crippen molar-refractivity contribution in [2.24, 2.45) is 11.8 Å². The zero-order valence-electron chi connectivity index (χ0n) is 18.6. The second-order valence-corrected chi connectivity index (χ2v) is 8.34. The van der Waals surface area contributed by atoms with Gasteiger partial charge < -0.3 is 15.0 Å². The number of hydrogen-bond donors (Lipinski definition) is 3. The maximum Gasteiger partial charge on any atom is 0.328 e. The van der Waals surface area contributed by atoms with Crippen LogP contribution in [-0.2, 0) is 23.9 Å². The molecule has 9 heteroatoms. The highest BCUT2D eigenvalue weighted by atomic mass is 16.5. The van der Waals surface area contributed by atoms with Crippen molar-refractivity contribution in [2.75, 3.05) is 13.7 Å². The molecule has 30 heavy (non-hydrogen) atoms. The first-order valence-electron chi connectivity index (χ1n) is 10.9. The molecule has 0 aromatic rings. The minimum atomic E-state index is -0.784. The maximum absolute atomic E-state index is 13.2. The highest BCUT2D eigenvalue weighted by Gasteiger charge is 2.39. The quantitative estimate of drug-likeness (QED) is 0.189. The van der Waals surface area contributed by atoms with Gasteiger partial charge in [-0.3, -0.25) is 19.6 Å². The Kier molecular flexibility index (Phi) is 11.4. The van der Waals surface area contributed by atoms with Gasteiger partial charge >= 0.3 is 5.97 Å². The van der Waals surface area contributed by atoms with Crippen LogP contribution >= 0.6 is 0 Å². The number of carbonyl (C=O) groups is 4. The normalized spacial score (nSPS) is 18.1. The summed E-state index contributed by atoms with van der Waals surface area (Å²) in [6.07, 6.45) is 4.66. The lowest BCUT2D eigenvalue weighted by Crippen LogP contribution is -2.53. The van der Waals surface area contributed by atoms with Crippen LogP contribution in [0.3, 0.4) is 0 Å². The van der Waals surface area contributed by atoms with E-state index in [0.717, 1.165) is 19.3 Å². The van der Waals surface area contributed by atoms with Crippen LogP contribution in [0.25, 0.3) is 0 Å². The molecule has 0 spiro atoms. The third kappa shape index (κ3) is 7.93. The Bertz CT molecular complexity index is 595. The number of unbranched alkanes of at least 4 members (excludes halogenated alkanes) is 2. The molecule has 1 saturated heterocycles. The summed E-state index contributed by atoms with van der Waals surface area (Å²) in [4.78, 5) is 51.3. The molecule has 1 rings (SSSR count).